The zero-order valence-corrected chi connectivity index (χ0v) is 23.7. The predicted octanol–water partition coefficient (Wildman–Crippen LogP) is 5.16. The van der Waals surface area contributed by atoms with Crippen LogP contribution < -0.4 is 5.56 Å². The molecule has 4 aromatic rings. The standard InChI is InChI=1S/C30H28ClFN4O3S/c1-30(2,40-26-10-6-5-9-23(26)31)29(39)36-15-13-35(14-16-36)28(38)22-17-19(11-12-24(22)32)18-25-20-7-3-4-8-21(20)27(37)34-33-25/h3-12,17H,13-16,18H2,1-2H3,(H,34,37). The fourth-order valence-electron chi connectivity index (χ4n) is 4.86. The van der Waals surface area contributed by atoms with Crippen LogP contribution in [0.4, 0.5) is 4.39 Å². The number of rotatable bonds is 6. The molecule has 1 aliphatic heterocycles. The monoisotopic (exact) mass is 578 g/mol. The molecule has 0 atom stereocenters. The highest BCUT2D eigenvalue weighted by atomic mass is 35.5. The van der Waals surface area contributed by atoms with Crippen LogP contribution in [0, 0.1) is 5.82 Å². The smallest absolute Gasteiger partial charge is 0.272 e. The maximum absolute atomic E-state index is 14.8. The van der Waals surface area contributed by atoms with Gasteiger partial charge in [-0.25, -0.2) is 9.49 Å². The Hall–Kier alpha value is -3.69. The van der Waals surface area contributed by atoms with Crippen molar-refractivity contribution in [2.75, 3.05) is 26.2 Å². The highest BCUT2D eigenvalue weighted by molar-refractivity contribution is 8.01. The van der Waals surface area contributed by atoms with E-state index in [1.165, 1.54) is 17.8 Å². The van der Waals surface area contributed by atoms with Crippen LogP contribution >= 0.6 is 23.4 Å². The third kappa shape index (κ3) is 5.76. The number of amides is 2. The van der Waals surface area contributed by atoms with Gasteiger partial charge in [0, 0.05) is 42.9 Å². The molecule has 0 spiro atoms. The highest BCUT2D eigenvalue weighted by Crippen LogP contribution is 2.38. The van der Waals surface area contributed by atoms with E-state index < -0.39 is 16.5 Å². The molecule has 0 bridgehead atoms. The number of nitrogens with zero attached hydrogens (tertiary/aromatic N) is 3. The lowest BCUT2D eigenvalue weighted by Gasteiger charge is -2.38. The Morgan fingerprint density at radius 3 is 2.35 bits per heavy atom. The van der Waals surface area contributed by atoms with Crippen LogP contribution in [-0.2, 0) is 11.2 Å². The van der Waals surface area contributed by atoms with Gasteiger partial charge in [0.05, 0.1) is 26.4 Å². The molecule has 2 heterocycles. The van der Waals surface area contributed by atoms with Crippen molar-refractivity contribution in [3.05, 3.63) is 105 Å². The number of aromatic amines is 1. The Morgan fingerprint density at radius 2 is 1.62 bits per heavy atom. The minimum Gasteiger partial charge on any atom is -0.338 e. The fraction of sp³-hybridized carbons (Fsp3) is 0.267. The van der Waals surface area contributed by atoms with E-state index in [1.54, 1.807) is 40.1 Å². The zero-order valence-electron chi connectivity index (χ0n) is 22.1. The highest BCUT2D eigenvalue weighted by Gasteiger charge is 2.36. The minimum absolute atomic E-state index is 0.0272. The number of nitrogens with one attached hydrogen (secondary N) is 1. The van der Waals surface area contributed by atoms with Gasteiger partial charge in [-0.2, -0.15) is 5.10 Å². The van der Waals surface area contributed by atoms with Gasteiger partial charge in [-0.1, -0.05) is 48.0 Å². The maximum Gasteiger partial charge on any atom is 0.272 e. The first kappa shape index (κ1) is 27.9. The molecule has 1 saturated heterocycles. The van der Waals surface area contributed by atoms with E-state index in [-0.39, 0.29) is 17.0 Å². The molecule has 1 fully saturated rings. The summed E-state index contributed by atoms with van der Waals surface area (Å²) in [6.07, 6.45) is 0.318. The summed E-state index contributed by atoms with van der Waals surface area (Å²) in [5.41, 5.74) is 1.02. The van der Waals surface area contributed by atoms with E-state index in [2.05, 4.69) is 10.2 Å². The van der Waals surface area contributed by atoms with Gasteiger partial charge in [0.15, 0.2) is 0 Å². The molecule has 206 valence electrons. The number of carbonyl (C=O) groups excluding carboxylic acids is 2. The summed E-state index contributed by atoms with van der Waals surface area (Å²) in [7, 11) is 0. The van der Waals surface area contributed by atoms with E-state index in [4.69, 9.17) is 11.6 Å². The number of thioether (sulfide) groups is 1. The van der Waals surface area contributed by atoms with Crippen molar-refractivity contribution >= 4 is 45.9 Å². The number of hydrogen-bond acceptors (Lipinski definition) is 5. The zero-order chi connectivity index (χ0) is 28.4. The van der Waals surface area contributed by atoms with E-state index in [9.17, 15) is 18.8 Å². The fourth-order valence-corrected chi connectivity index (χ4v) is 6.19. The predicted molar refractivity (Wildman–Crippen MR) is 155 cm³/mol. The number of piperazine rings is 1. The normalized spacial score (nSPS) is 14.0. The maximum atomic E-state index is 14.8. The van der Waals surface area contributed by atoms with Crippen molar-refractivity contribution in [3.8, 4) is 0 Å². The van der Waals surface area contributed by atoms with Crippen molar-refractivity contribution < 1.29 is 14.0 Å². The number of hydrogen-bond donors (Lipinski definition) is 1. The molecule has 40 heavy (non-hydrogen) atoms. The largest absolute Gasteiger partial charge is 0.338 e. The number of aromatic nitrogens is 2. The molecule has 3 aromatic carbocycles. The Kier molecular flexibility index (Phi) is 7.96. The second kappa shape index (κ2) is 11.4. The summed E-state index contributed by atoms with van der Waals surface area (Å²) < 4.78 is 14.1. The average Bonchev–Trinajstić information content (AvgIpc) is 2.96. The third-order valence-electron chi connectivity index (χ3n) is 6.98. The van der Waals surface area contributed by atoms with Gasteiger partial charge in [0.25, 0.3) is 11.5 Å². The number of halogens is 2. The quantitative estimate of drug-likeness (QED) is 0.319. The van der Waals surface area contributed by atoms with Gasteiger partial charge in [-0.15, -0.1) is 11.8 Å². The first-order chi connectivity index (χ1) is 19.1. The second-order valence-electron chi connectivity index (χ2n) is 10.2. The molecule has 0 radical (unpaired) electrons. The summed E-state index contributed by atoms with van der Waals surface area (Å²) in [6.45, 7) is 5.03. The molecule has 1 aromatic heterocycles. The summed E-state index contributed by atoms with van der Waals surface area (Å²) >= 11 is 7.70. The molecule has 1 N–H and O–H groups in total. The average molecular weight is 579 g/mol. The van der Waals surface area contributed by atoms with Crippen LogP contribution in [0.1, 0.15) is 35.5 Å². The Labute approximate surface area is 240 Å². The minimum atomic E-state index is -0.752. The van der Waals surface area contributed by atoms with Gasteiger partial charge in [-0.05, 0) is 49.7 Å². The molecule has 0 aliphatic carbocycles. The molecule has 1 aliphatic rings. The molecule has 0 unspecified atom stereocenters. The topological polar surface area (TPSA) is 86.4 Å². The van der Waals surface area contributed by atoms with E-state index in [0.717, 1.165) is 4.90 Å². The van der Waals surface area contributed by atoms with Crippen LogP contribution in [0.5, 0.6) is 0 Å². The van der Waals surface area contributed by atoms with Gasteiger partial charge in [0.2, 0.25) is 5.91 Å². The second-order valence-corrected chi connectivity index (χ2v) is 12.2. The molecular formula is C30H28ClFN4O3S. The van der Waals surface area contributed by atoms with Crippen molar-refractivity contribution in [1.29, 1.82) is 0 Å². The molecule has 0 saturated carbocycles. The van der Waals surface area contributed by atoms with E-state index >= 15 is 0 Å². The summed E-state index contributed by atoms with van der Waals surface area (Å²) in [4.78, 5) is 42.9. The summed E-state index contributed by atoms with van der Waals surface area (Å²) in [5.74, 6) is -1.07. The lowest BCUT2D eigenvalue weighted by molar-refractivity contribution is -0.134. The SMILES string of the molecule is CC(C)(Sc1ccccc1Cl)C(=O)N1CCN(C(=O)c2cc(Cc3n[nH]c(=O)c4ccccc34)ccc2F)CC1. The van der Waals surface area contributed by atoms with Crippen molar-refractivity contribution in [3.63, 3.8) is 0 Å². The van der Waals surface area contributed by atoms with Crippen molar-refractivity contribution in [2.24, 2.45) is 0 Å². The van der Waals surface area contributed by atoms with Crippen LogP contribution in [-0.4, -0.2) is 62.7 Å². The molecule has 2 amide bonds. The van der Waals surface area contributed by atoms with Gasteiger partial charge < -0.3 is 9.80 Å². The third-order valence-corrected chi connectivity index (χ3v) is 8.68. The summed E-state index contributed by atoms with van der Waals surface area (Å²) in [5, 5.41) is 8.52. The van der Waals surface area contributed by atoms with Gasteiger partial charge in [0.1, 0.15) is 5.82 Å². The Balaban J connectivity index is 1.27. The molecule has 10 heteroatoms. The van der Waals surface area contributed by atoms with E-state index in [0.29, 0.717) is 59.7 Å². The van der Waals surface area contributed by atoms with Gasteiger partial charge >= 0.3 is 0 Å². The van der Waals surface area contributed by atoms with Crippen LogP contribution in [0.15, 0.2) is 76.4 Å². The van der Waals surface area contributed by atoms with Crippen molar-refractivity contribution in [2.45, 2.75) is 29.9 Å². The number of H-pyrrole nitrogens is 1. The van der Waals surface area contributed by atoms with Gasteiger partial charge in [-0.3, -0.25) is 14.4 Å². The number of carbonyl (C=O) groups is 2. The number of fused-ring (bicyclic) bond motifs is 1. The molecule has 7 nitrogen and oxygen atoms in total. The Morgan fingerprint density at radius 1 is 0.975 bits per heavy atom. The Bertz CT molecular complexity index is 1650. The lowest BCUT2D eigenvalue weighted by atomic mass is 10.0. The first-order valence-electron chi connectivity index (χ1n) is 12.9. The molecular weight excluding hydrogens is 551 g/mol. The summed E-state index contributed by atoms with van der Waals surface area (Å²) in [6, 6.07) is 19.0. The van der Waals surface area contributed by atoms with Crippen LogP contribution in [0.3, 0.4) is 0 Å². The van der Waals surface area contributed by atoms with Crippen LogP contribution in [0.25, 0.3) is 10.8 Å². The van der Waals surface area contributed by atoms with Crippen LogP contribution in [0.2, 0.25) is 5.02 Å². The lowest BCUT2D eigenvalue weighted by Crippen LogP contribution is -2.54. The van der Waals surface area contributed by atoms with E-state index in [1.807, 2.05) is 44.2 Å². The number of benzene rings is 3. The van der Waals surface area contributed by atoms with Crippen molar-refractivity contribution in [1.82, 2.24) is 20.0 Å². The first-order valence-corrected chi connectivity index (χ1v) is 14.1. The molecule has 5 rings (SSSR count).